The van der Waals surface area contributed by atoms with Crippen LogP contribution in [0.5, 0.6) is 11.5 Å². The molecule has 4 rings (SSSR count). The second-order valence-corrected chi connectivity index (χ2v) is 7.21. The standard InChI is InChI=1S/C22H18ClF3N2O/c23-17-4-8-19(9-5-17)29-20-10-6-18(7-11-20)28-14-27-13-21(28)15-2-1-3-16(12-15)22(24,25)26/h1-12,21,27H,13-14H2/t21-/m0/s1. The number of hydrogen-bond donors (Lipinski definition) is 1. The first-order valence-electron chi connectivity index (χ1n) is 9.08. The van der Waals surface area contributed by atoms with Crippen molar-refractivity contribution in [2.75, 3.05) is 18.1 Å². The average molecular weight is 419 g/mol. The number of benzene rings is 3. The fraction of sp³-hybridized carbons (Fsp3) is 0.182. The molecule has 1 aliphatic heterocycles. The fourth-order valence-corrected chi connectivity index (χ4v) is 3.50. The summed E-state index contributed by atoms with van der Waals surface area (Å²) in [6.07, 6.45) is -4.35. The topological polar surface area (TPSA) is 24.5 Å². The Morgan fingerprint density at radius 1 is 0.931 bits per heavy atom. The summed E-state index contributed by atoms with van der Waals surface area (Å²) in [5.74, 6) is 1.34. The Morgan fingerprint density at radius 3 is 2.24 bits per heavy atom. The van der Waals surface area contributed by atoms with E-state index in [1.54, 1.807) is 30.3 Å². The smallest absolute Gasteiger partial charge is 0.416 e. The van der Waals surface area contributed by atoms with E-state index in [0.29, 0.717) is 35.3 Å². The van der Waals surface area contributed by atoms with Crippen LogP contribution in [-0.2, 0) is 6.18 Å². The molecule has 0 spiro atoms. The first-order chi connectivity index (χ1) is 13.9. The molecule has 1 N–H and O–H groups in total. The maximum absolute atomic E-state index is 13.1. The largest absolute Gasteiger partial charge is 0.457 e. The Labute approximate surface area is 171 Å². The lowest BCUT2D eigenvalue weighted by atomic mass is 10.0. The van der Waals surface area contributed by atoms with Gasteiger partial charge >= 0.3 is 6.18 Å². The van der Waals surface area contributed by atoms with E-state index in [1.807, 2.05) is 29.2 Å². The maximum Gasteiger partial charge on any atom is 0.416 e. The van der Waals surface area contributed by atoms with E-state index in [0.717, 1.165) is 11.8 Å². The van der Waals surface area contributed by atoms with Gasteiger partial charge in [0.2, 0.25) is 0 Å². The molecule has 1 heterocycles. The Bertz CT molecular complexity index is 975. The Morgan fingerprint density at radius 2 is 1.59 bits per heavy atom. The van der Waals surface area contributed by atoms with Crippen molar-refractivity contribution in [2.24, 2.45) is 0 Å². The molecule has 0 aliphatic carbocycles. The van der Waals surface area contributed by atoms with Crippen LogP contribution in [0.15, 0.2) is 72.8 Å². The van der Waals surface area contributed by atoms with E-state index in [9.17, 15) is 13.2 Å². The Balaban J connectivity index is 1.52. The third-order valence-electron chi connectivity index (χ3n) is 4.81. The van der Waals surface area contributed by atoms with E-state index in [2.05, 4.69) is 5.32 Å². The van der Waals surface area contributed by atoms with Crippen LogP contribution in [0, 0.1) is 0 Å². The highest BCUT2D eigenvalue weighted by atomic mass is 35.5. The predicted octanol–water partition coefficient (Wildman–Crippen LogP) is 6.26. The van der Waals surface area contributed by atoms with Crippen molar-refractivity contribution in [3.05, 3.63) is 88.9 Å². The van der Waals surface area contributed by atoms with Crippen molar-refractivity contribution in [1.29, 1.82) is 0 Å². The molecule has 0 bridgehead atoms. The van der Waals surface area contributed by atoms with Gasteiger partial charge in [-0.15, -0.1) is 0 Å². The molecule has 150 valence electrons. The third-order valence-corrected chi connectivity index (χ3v) is 5.06. The van der Waals surface area contributed by atoms with Crippen LogP contribution in [0.1, 0.15) is 17.2 Å². The van der Waals surface area contributed by atoms with E-state index < -0.39 is 11.7 Å². The summed E-state index contributed by atoms with van der Waals surface area (Å²) in [7, 11) is 0. The highest BCUT2D eigenvalue weighted by molar-refractivity contribution is 6.30. The summed E-state index contributed by atoms with van der Waals surface area (Å²) in [6.45, 7) is 1.13. The first-order valence-corrected chi connectivity index (χ1v) is 9.46. The van der Waals surface area contributed by atoms with Gasteiger partial charge in [-0.25, -0.2) is 0 Å². The van der Waals surface area contributed by atoms with Gasteiger partial charge in [-0.1, -0.05) is 23.7 Å². The van der Waals surface area contributed by atoms with Crippen molar-refractivity contribution < 1.29 is 17.9 Å². The molecule has 0 amide bonds. The molecule has 7 heteroatoms. The van der Waals surface area contributed by atoms with E-state index >= 15 is 0 Å². The number of rotatable bonds is 4. The third kappa shape index (κ3) is 4.49. The van der Waals surface area contributed by atoms with E-state index in [-0.39, 0.29) is 6.04 Å². The fourth-order valence-electron chi connectivity index (χ4n) is 3.38. The zero-order valence-electron chi connectivity index (χ0n) is 15.3. The monoisotopic (exact) mass is 418 g/mol. The molecule has 29 heavy (non-hydrogen) atoms. The van der Waals surface area contributed by atoms with Gasteiger partial charge in [-0.3, -0.25) is 5.32 Å². The van der Waals surface area contributed by atoms with Crippen molar-refractivity contribution in [3.63, 3.8) is 0 Å². The van der Waals surface area contributed by atoms with Crippen LogP contribution in [-0.4, -0.2) is 13.2 Å². The minimum Gasteiger partial charge on any atom is -0.457 e. The zero-order valence-corrected chi connectivity index (χ0v) is 16.0. The zero-order chi connectivity index (χ0) is 20.4. The van der Waals surface area contributed by atoms with Crippen molar-refractivity contribution in [1.82, 2.24) is 5.32 Å². The number of halogens is 4. The molecule has 1 fully saturated rings. The lowest BCUT2D eigenvalue weighted by molar-refractivity contribution is -0.137. The molecule has 3 aromatic carbocycles. The van der Waals surface area contributed by atoms with Gasteiger partial charge in [-0.2, -0.15) is 13.2 Å². The first kappa shape index (κ1) is 19.6. The van der Waals surface area contributed by atoms with Crippen molar-refractivity contribution in [3.8, 4) is 11.5 Å². The highest BCUT2D eigenvalue weighted by Gasteiger charge is 2.32. The van der Waals surface area contributed by atoms with Gasteiger partial charge in [0, 0.05) is 17.3 Å². The summed E-state index contributed by atoms with van der Waals surface area (Å²) in [5, 5.41) is 3.87. The number of nitrogens with zero attached hydrogens (tertiary/aromatic N) is 1. The molecule has 3 aromatic rings. The Hall–Kier alpha value is -2.70. The van der Waals surface area contributed by atoms with Gasteiger partial charge in [0.15, 0.2) is 0 Å². The molecule has 1 saturated heterocycles. The van der Waals surface area contributed by atoms with Gasteiger partial charge < -0.3 is 9.64 Å². The molecule has 1 aliphatic rings. The predicted molar refractivity (Wildman–Crippen MR) is 108 cm³/mol. The summed E-state index contributed by atoms with van der Waals surface area (Å²) in [6, 6.07) is 19.9. The normalized spacial score (nSPS) is 16.8. The van der Waals surface area contributed by atoms with Gasteiger partial charge in [0.25, 0.3) is 0 Å². The van der Waals surface area contributed by atoms with Gasteiger partial charge in [0.05, 0.1) is 18.3 Å². The minimum absolute atomic E-state index is 0.180. The lowest BCUT2D eigenvalue weighted by Gasteiger charge is -2.26. The van der Waals surface area contributed by atoms with Crippen molar-refractivity contribution >= 4 is 17.3 Å². The molecule has 3 nitrogen and oxygen atoms in total. The van der Waals surface area contributed by atoms with Crippen LogP contribution < -0.4 is 15.0 Å². The second kappa shape index (κ2) is 7.97. The number of alkyl halides is 3. The number of anilines is 1. The van der Waals surface area contributed by atoms with Crippen LogP contribution in [0.3, 0.4) is 0 Å². The quantitative estimate of drug-likeness (QED) is 0.541. The van der Waals surface area contributed by atoms with Crippen molar-refractivity contribution in [2.45, 2.75) is 12.2 Å². The molecular weight excluding hydrogens is 401 g/mol. The summed E-state index contributed by atoms with van der Waals surface area (Å²) in [4.78, 5) is 2.04. The molecule has 0 unspecified atom stereocenters. The average Bonchev–Trinajstić information content (AvgIpc) is 3.20. The number of ether oxygens (including phenoxy) is 1. The van der Waals surface area contributed by atoms with Gasteiger partial charge in [0.1, 0.15) is 11.5 Å². The molecule has 0 radical (unpaired) electrons. The van der Waals surface area contributed by atoms with E-state index in [1.165, 1.54) is 12.1 Å². The Kier molecular flexibility index (Phi) is 5.39. The summed E-state index contributed by atoms with van der Waals surface area (Å²) < 4.78 is 45.0. The van der Waals surface area contributed by atoms with Gasteiger partial charge in [-0.05, 0) is 66.2 Å². The molecule has 0 aromatic heterocycles. The lowest BCUT2D eigenvalue weighted by Crippen LogP contribution is -2.24. The highest BCUT2D eigenvalue weighted by Crippen LogP contribution is 2.35. The van der Waals surface area contributed by atoms with E-state index in [4.69, 9.17) is 16.3 Å². The second-order valence-electron chi connectivity index (χ2n) is 6.77. The number of nitrogens with one attached hydrogen (secondary N) is 1. The maximum atomic E-state index is 13.1. The van der Waals surface area contributed by atoms with Crippen LogP contribution in [0.25, 0.3) is 0 Å². The minimum atomic E-state index is -4.35. The SMILES string of the molecule is FC(F)(F)c1cccc([C@@H]2CNCN2c2ccc(Oc3ccc(Cl)cc3)cc2)c1. The number of hydrogen-bond acceptors (Lipinski definition) is 3. The van der Waals surface area contributed by atoms with Crippen LogP contribution >= 0.6 is 11.6 Å². The van der Waals surface area contributed by atoms with Crippen LogP contribution in [0.4, 0.5) is 18.9 Å². The molecule has 0 saturated carbocycles. The summed E-state index contributed by atoms with van der Waals surface area (Å²) >= 11 is 5.88. The summed E-state index contributed by atoms with van der Waals surface area (Å²) in [5.41, 5.74) is 0.903. The molecular formula is C22H18ClF3N2O. The van der Waals surface area contributed by atoms with Crippen LogP contribution in [0.2, 0.25) is 5.02 Å². The molecule has 1 atom stereocenters.